The number of carbonyl (C=O) groups is 1. The van der Waals surface area contributed by atoms with Crippen molar-refractivity contribution in [2.45, 2.75) is 13.2 Å². The SMILES string of the molecule is COc1cccc(/C=C/C(=O)NCc2nc(-c3ccncc3)no2)c1OC(F)F. The van der Waals surface area contributed by atoms with Gasteiger partial charge >= 0.3 is 6.61 Å². The van der Waals surface area contributed by atoms with Gasteiger partial charge in [-0.15, -0.1) is 0 Å². The van der Waals surface area contributed by atoms with E-state index in [1.54, 1.807) is 30.6 Å². The molecule has 29 heavy (non-hydrogen) atoms. The van der Waals surface area contributed by atoms with Crippen molar-refractivity contribution in [3.8, 4) is 22.9 Å². The minimum absolute atomic E-state index is 0.000239. The molecule has 10 heteroatoms. The van der Waals surface area contributed by atoms with Crippen LogP contribution >= 0.6 is 0 Å². The number of para-hydroxylation sites is 1. The fraction of sp³-hybridized carbons (Fsp3) is 0.158. The molecule has 3 aromatic rings. The van der Waals surface area contributed by atoms with E-state index in [9.17, 15) is 13.6 Å². The minimum atomic E-state index is -3.03. The number of carbonyl (C=O) groups excluding carboxylic acids is 1. The number of nitrogens with zero attached hydrogens (tertiary/aromatic N) is 3. The molecule has 2 heterocycles. The Bertz CT molecular complexity index is 993. The van der Waals surface area contributed by atoms with Crippen LogP contribution < -0.4 is 14.8 Å². The van der Waals surface area contributed by atoms with E-state index in [1.807, 2.05) is 0 Å². The Balaban J connectivity index is 1.63. The monoisotopic (exact) mass is 402 g/mol. The van der Waals surface area contributed by atoms with E-state index in [1.165, 1.54) is 31.4 Å². The molecular weight excluding hydrogens is 386 g/mol. The topological polar surface area (TPSA) is 99.4 Å². The van der Waals surface area contributed by atoms with Crippen LogP contribution in [0.2, 0.25) is 0 Å². The second-order valence-electron chi connectivity index (χ2n) is 5.56. The maximum absolute atomic E-state index is 12.6. The molecule has 3 rings (SSSR count). The standard InChI is InChI=1S/C19H16F2N4O4/c1-27-14-4-2-3-12(17(14)28-19(20)21)5-6-15(26)23-11-16-24-18(25-29-16)13-7-9-22-10-8-13/h2-10,19H,11H2,1H3,(H,23,26)/b6-5+. The summed E-state index contributed by atoms with van der Waals surface area (Å²) >= 11 is 0. The van der Waals surface area contributed by atoms with E-state index in [4.69, 9.17) is 9.26 Å². The third-order valence-electron chi connectivity index (χ3n) is 3.67. The van der Waals surface area contributed by atoms with Crippen molar-refractivity contribution in [2.24, 2.45) is 0 Å². The molecule has 0 spiro atoms. The molecule has 150 valence electrons. The van der Waals surface area contributed by atoms with Gasteiger partial charge in [0.1, 0.15) is 0 Å². The Morgan fingerprint density at radius 1 is 1.28 bits per heavy atom. The molecule has 0 saturated heterocycles. The second kappa shape index (κ2) is 9.40. The molecule has 0 aliphatic heterocycles. The predicted octanol–water partition coefficient (Wildman–Crippen LogP) is 3.07. The van der Waals surface area contributed by atoms with Gasteiger partial charge in [-0.25, -0.2) is 0 Å². The summed E-state index contributed by atoms with van der Waals surface area (Å²) in [6, 6.07) is 8.04. The van der Waals surface area contributed by atoms with Crippen LogP contribution in [0.1, 0.15) is 11.5 Å². The van der Waals surface area contributed by atoms with Gasteiger partial charge in [0.2, 0.25) is 17.6 Å². The number of halogens is 2. The number of aromatic nitrogens is 3. The molecule has 1 N–H and O–H groups in total. The van der Waals surface area contributed by atoms with Crippen LogP contribution in [0, 0.1) is 0 Å². The number of pyridine rings is 1. The van der Waals surface area contributed by atoms with Crippen molar-refractivity contribution < 1.29 is 27.6 Å². The zero-order valence-corrected chi connectivity index (χ0v) is 15.2. The smallest absolute Gasteiger partial charge is 0.387 e. The molecule has 8 nitrogen and oxygen atoms in total. The summed E-state index contributed by atoms with van der Waals surface area (Å²) in [6.07, 6.45) is 5.71. The Morgan fingerprint density at radius 2 is 2.07 bits per heavy atom. The quantitative estimate of drug-likeness (QED) is 0.578. The Labute approximate surface area is 164 Å². The maximum Gasteiger partial charge on any atom is 0.387 e. The normalized spacial score (nSPS) is 11.0. The lowest BCUT2D eigenvalue weighted by molar-refractivity contribution is -0.116. The summed E-state index contributed by atoms with van der Waals surface area (Å²) in [4.78, 5) is 20.1. The lowest BCUT2D eigenvalue weighted by atomic mass is 10.1. The van der Waals surface area contributed by atoms with Crippen molar-refractivity contribution in [3.63, 3.8) is 0 Å². The van der Waals surface area contributed by atoms with Crippen LogP contribution in [0.4, 0.5) is 8.78 Å². The summed E-state index contributed by atoms with van der Waals surface area (Å²) in [5.74, 6) is 0.0637. The fourth-order valence-corrected chi connectivity index (χ4v) is 2.37. The van der Waals surface area contributed by atoms with E-state index in [0.29, 0.717) is 5.82 Å². The third kappa shape index (κ3) is 5.34. The summed E-state index contributed by atoms with van der Waals surface area (Å²) in [7, 11) is 1.33. The van der Waals surface area contributed by atoms with Crippen molar-refractivity contribution in [2.75, 3.05) is 7.11 Å². The molecule has 0 saturated carbocycles. The lowest BCUT2D eigenvalue weighted by Crippen LogP contribution is -2.20. The van der Waals surface area contributed by atoms with Gasteiger partial charge in [-0.2, -0.15) is 13.8 Å². The number of benzene rings is 1. The number of rotatable bonds is 8. The Morgan fingerprint density at radius 3 is 2.79 bits per heavy atom. The van der Waals surface area contributed by atoms with Crippen LogP contribution in [0.25, 0.3) is 17.5 Å². The maximum atomic E-state index is 12.6. The van der Waals surface area contributed by atoms with Crippen molar-refractivity contribution in [1.29, 1.82) is 0 Å². The van der Waals surface area contributed by atoms with Crippen molar-refractivity contribution >= 4 is 12.0 Å². The van der Waals surface area contributed by atoms with Crippen molar-refractivity contribution in [3.05, 3.63) is 60.3 Å². The van der Waals surface area contributed by atoms with Crippen LogP contribution in [0.15, 0.2) is 53.3 Å². The van der Waals surface area contributed by atoms with Crippen molar-refractivity contribution in [1.82, 2.24) is 20.4 Å². The molecule has 1 amide bonds. The molecule has 0 atom stereocenters. The molecular formula is C19H16F2N4O4. The van der Waals surface area contributed by atoms with E-state index < -0.39 is 12.5 Å². The number of hydrogen-bond acceptors (Lipinski definition) is 7. The lowest BCUT2D eigenvalue weighted by Gasteiger charge is -2.12. The molecule has 0 aliphatic carbocycles. The summed E-state index contributed by atoms with van der Waals surface area (Å²) in [6.45, 7) is -3.03. The van der Waals surface area contributed by atoms with Gasteiger partial charge in [0.25, 0.3) is 0 Å². The molecule has 1 aromatic carbocycles. The van der Waals surface area contributed by atoms with Gasteiger partial charge in [-0.3, -0.25) is 9.78 Å². The predicted molar refractivity (Wildman–Crippen MR) is 98.0 cm³/mol. The van der Waals surface area contributed by atoms with E-state index in [2.05, 4.69) is 25.2 Å². The van der Waals surface area contributed by atoms with Crippen LogP contribution in [0.5, 0.6) is 11.5 Å². The van der Waals surface area contributed by atoms with Gasteiger partial charge in [0.05, 0.1) is 13.7 Å². The average molecular weight is 402 g/mol. The fourth-order valence-electron chi connectivity index (χ4n) is 2.37. The first-order valence-electron chi connectivity index (χ1n) is 8.37. The third-order valence-corrected chi connectivity index (χ3v) is 3.67. The van der Waals surface area contributed by atoms with Gasteiger partial charge in [0, 0.05) is 29.6 Å². The largest absolute Gasteiger partial charge is 0.493 e. The van der Waals surface area contributed by atoms with Crippen LogP contribution in [-0.2, 0) is 11.3 Å². The average Bonchev–Trinajstić information content (AvgIpc) is 3.21. The van der Waals surface area contributed by atoms with Gasteiger partial charge < -0.3 is 19.3 Å². The first-order chi connectivity index (χ1) is 14.1. The number of methoxy groups -OCH3 is 1. The minimum Gasteiger partial charge on any atom is -0.493 e. The number of hydrogen-bond donors (Lipinski definition) is 1. The van der Waals surface area contributed by atoms with E-state index in [-0.39, 0.29) is 29.5 Å². The van der Waals surface area contributed by atoms with Crippen LogP contribution in [0.3, 0.4) is 0 Å². The molecule has 0 radical (unpaired) electrons. The highest BCUT2D eigenvalue weighted by Gasteiger charge is 2.14. The highest BCUT2D eigenvalue weighted by molar-refractivity contribution is 5.92. The molecule has 2 aromatic heterocycles. The number of nitrogens with one attached hydrogen (secondary N) is 1. The number of ether oxygens (including phenoxy) is 2. The van der Waals surface area contributed by atoms with Gasteiger partial charge in [-0.05, 0) is 24.3 Å². The second-order valence-corrected chi connectivity index (χ2v) is 5.56. The Kier molecular flexibility index (Phi) is 6.46. The first kappa shape index (κ1) is 19.9. The first-order valence-corrected chi connectivity index (χ1v) is 8.37. The summed E-state index contributed by atoms with van der Waals surface area (Å²) in [5, 5.41) is 6.40. The summed E-state index contributed by atoms with van der Waals surface area (Å²) < 4.78 is 39.9. The number of amides is 1. The van der Waals surface area contributed by atoms with E-state index >= 15 is 0 Å². The Hall–Kier alpha value is -3.82. The molecule has 0 unspecified atom stereocenters. The summed E-state index contributed by atoms with van der Waals surface area (Å²) in [5.41, 5.74) is 0.989. The van der Waals surface area contributed by atoms with Gasteiger partial charge in [0.15, 0.2) is 11.5 Å². The molecule has 0 aliphatic rings. The molecule has 0 fully saturated rings. The van der Waals surface area contributed by atoms with E-state index in [0.717, 1.165) is 5.56 Å². The molecule has 0 bridgehead atoms. The zero-order valence-electron chi connectivity index (χ0n) is 15.2. The highest BCUT2D eigenvalue weighted by atomic mass is 19.3. The number of alkyl halides is 2. The van der Waals surface area contributed by atoms with Crippen LogP contribution in [-0.4, -0.2) is 34.8 Å². The zero-order chi connectivity index (χ0) is 20.6. The van der Waals surface area contributed by atoms with Gasteiger partial charge in [-0.1, -0.05) is 17.3 Å². The highest BCUT2D eigenvalue weighted by Crippen LogP contribution is 2.33.